The summed E-state index contributed by atoms with van der Waals surface area (Å²) in [4.78, 5) is 11.1. The topological polar surface area (TPSA) is 47.5 Å². The first-order valence-corrected chi connectivity index (χ1v) is 6.94. The number of nitrogens with zero attached hydrogens (tertiary/aromatic N) is 3. The van der Waals surface area contributed by atoms with Crippen LogP contribution in [-0.2, 0) is 22.4 Å². The largest absolute Gasteiger partial charge is 0.385 e. The number of aromatic nitrogens is 2. The van der Waals surface area contributed by atoms with Crippen molar-refractivity contribution in [2.75, 3.05) is 33.4 Å². The Labute approximate surface area is 115 Å². The van der Waals surface area contributed by atoms with Gasteiger partial charge in [0.05, 0.1) is 12.7 Å². The molecule has 0 amide bonds. The number of morpholine rings is 1. The summed E-state index contributed by atoms with van der Waals surface area (Å²) in [6.45, 7) is 6.45. The van der Waals surface area contributed by atoms with Crippen LogP contribution in [0.1, 0.15) is 24.7 Å². The molecule has 19 heavy (non-hydrogen) atoms. The fourth-order valence-electron chi connectivity index (χ4n) is 2.25. The number of aryl methyl sites for hydroxylation is 1. The van der Waals surface area contributed by atoms with Crippen molar-refractivity contribution in [3.05, 3.63) is 23.8 Å². The molecule has 106 valence electrons. The molecule has 0 bridgehead atoms. The molecule has 1 atom stereocenters. The lowest BCUT2D eigenvalue weighted by Gasteiger charge is -2.32. The van der Waals surface area contributed by atoms with Gasteiger partial charge in [-0.25, -0.2) is 9.97 Å². The summed E-state index contributed by atoms with van der Waals surface area (Å²) in [5, 5.41) is 0. The molecule has 0 spiro atoms. The van der Waals surface area contributed by atoms with Gasteiger partial charge in [-0.1, -0.05) is 6.92 Å². The summed E-state index contributed by atoms with van der Waals surface area (Å²) < 4.78 is 10.8. The van der Waals surface area contributed by atoms with Crippen LogP contribution in [0.4, 0.5) is 0 Å². The van der Waals surface area contributed by atoms with Crippen LogP contribution in [0.3, 0.4) is 0 Å². The van der Waals surface area contributed by atoms with Crippen LogP contribution in [0.25, 0.3) is 0 Å². The second kappa shape index (κ2) is 7.53. The van der Waals surface area contributed by atoms with E-state index in [4.69, 9.17) is 9.47 Å². The Morgan fingerprint density at radius 1 is 1.42 bits per heavy atom. The summed E-state index contributed by atoms with van der Waals surface area (Å²) in [6, 6.07) is 0. The highest BCUT2D eigenvalue weighted by atomic mass is 16.5. The number of hydrogen-bond donors (Lipinski definition) is 0. The molecule has 1 aliphatic heterocycles. The third-order valence-corrected chi connectivity index (χ3v) is 3.35. The van der Waals surface area contributed by atoms with Gasteiger partial charge in [-0.3, -0.25) is 4.90 Å². The highest BCUT2D eigenvalue weighted by Crippen LogP contribution is 2.12. The van der Waals surface area contributed by atoms with Crippen LogP contribution < -0.4 is 0 Å². The van der Waals surface area contributed by atoms with Gasteiger partial charge in [-0.2, -0.15) is 0 Å². The summed E-state index contributed by atoms with van der Waals surface area (Å²) in [5.41, 5.74) is 1.17. The van der Waals surface area contributed by atoms with Crippen LogP contribution in [-0.4, -0.2) is 54.4 Å². The molecule has 0 aromatic carbocycles. The lowest BCUT2D eigenvalue weighted by molar-refractivity contribution is -0.0433. The molecule has 0 aliphatic carbocycles. The average molecular weight is 265 g/mol. The summed E-state index contributed by atoms with van der Waals surface area (Å²) in [5.74, 6) is 0.906. The van der Waals surface area contributed by atoms with Crippen LogP contribution >= 0.6 is 0 Å². The first-order valence-electron chi connectivity index (χ1n) is 6.94. The molecule has 2 rings (SSSR count). The molecule has 0 radical (unpaired) electrons. The highest BCUT2D eigenvalue weighted by molar-refractivity contribution is 5.05. The Bertz CT molecular complexity index is 369. The molecule has 0 N–H and O–H groups in total. The van der Waals surface area contributed by atoms with Crippen molar-refractivity contribution in [2.24, 2.45) is 0 Å². The molecule has 5 heteroatoms. The monoisotopic (exact) mass is 265 g/mol. The minimum Gasteiger partial charge on any atom is -0.385 e. The van der Waals surface area contributed by atoms with Gasteiger partial charge in [-0.15, -0.1) is 0 Å². The van der Waals surface area contributed by atoms with E-state index in [0.29, 0.717) is 0 Å². The molecule has 1 aliphatic rings. The second-order valence-electron chi connectivity index (χ2n) is 4.87. The van der Waals surface area contributed by atoms with E-state index in [1.54, 1.807) is 7.11 Å². The van der Waals surface area contributed by atoms with Gasteiger partial charge in [0.25, 0.3) is 0 Å². The fourth-order valence-corrected chi connectivity index (χ4v) is 2.25. The number of methoxy groups -OCH3 is 1. The minimum atomic E-state index is 0.282. The van der Waals surface area contributed by atoms with E-state index in [2.05, 4.69) is 21.8 Å². The van der Waals surface area contributed by atoms with Crippen molar-refractivity contribution in [1.82, 2.24) is 14.9 Å². The van der Waals surface area contributed by atoms with Gasteiger partial charge >= 0.3 is 0 Å². The Morgan fingerprint density at radius 3 is 2.89 bits per heavy atom. The van der Waals surface area contributed by atoms with Gasteiger partial charge in [0.1, 0.15) is 5.82 Å². The van der Waals surface area contributed by atoms with Gasteiger partial charge in [0.2, 0.25) is 0 Å². The molecule has 0 saturated carbocycles. The zero-order chi connectivity index (χ0) is 13.5. The Kier molecular flexibility index (Phi) is 5.69. The fraction of sp³-hybridized carbons (Fsp3) is 0.714. The lowest BCUT2D eigenvalue weighted by atomic mass is 10.2. The number of ether oxygens (including phenoxy) is 2. The average Bonchev–Trinajstić information content (AvgIpc) is 2.46. The van der Waals surface area contributed by atoms with Crippen molar-refractivity contribution >= 4 is 0 Å². The maximum absolute atomic E-state index is 5.73. The Hall–Kier alpha value is -1.04. The Balaban J connectivity index is 1.83. The Morgan fingerprint density at radius 2 is 2.21 bits per heavy atom. The molecular weight excluding hydrogens is 242 g/mol. The first kappa shape index (κ1) is 14.4. The van der Waals surface area contributed by atoms with Crippen LogP contribution in [0.5, 0.6) is 0 Å². The predicted molar refractivity (Wildman–Crippen MR) is 72.9 cm³/mol. The van der Waals surface area contributed by atoms with E-state index in [0.717, 1.165) is 51.5 Å². The maximum Gasteiger partial charge on any atom is 0.127 e. The summed E-state index contributed by atoms with van der Waals surface area (Å²) >= 11 is 0. The number of rotatable bonds is 6. The third kappa shape index (κ3) is 4.53. The molecule has 1 aromatic heterocycles. The van der Waals surface area contributed by atoms with Gasteiger partial charge < -0.3 is 9.47 Å². The van der Waals surface area contributed by atoms with Gasteiger partial charge in [0.15, 0.2) is 0 Å². The van der Waals surface area contributed by atoms with Crippen molar-refractivity contribution in [3.63, 3.8) is 0 Å². The maximum atomic E-state index is 5.73. The SMILES string of the molecule is CCc1ncc(CN2CCO[C@@H](CCOC)C2)cn1. The molecular formula is C14H23N3O2. The van der Waals surface area contributed by atoms with Crippen molar-refractivity contribution < 1.29 is 9.47 Å². The molecule has 1 fully saturated rings. The van der Waals surface area contributed by atoms with Crippen LogP contribution in [0, 0.1) is 0 Å². The van der Waals surface area contributed by atoms with E-state index < -0.39 is 0 Å². The van der Waals surface area contributed by atoms with Crippen molar-refractivity contribution in [1.29, 1.82) is 0 Å². The van der Waals surface area contributed by atoms with E-state index in [1.807, 2.05) is 12.4 Å². The lowest BCUT2D eigenvalue weighted by Crippen LogP contribution is -2.42. The van der Waals surface area contributed by atoms with E-state index in [-0.39, 0.29) is 6.10 Å². The number of hydrogen-bond acceptors (Lipinski definition) is 5. The minimum absolute atomic E-state index is 0.282. The van der Waals surface area contributed by atoms with E-state index >= 15 is 0 Å². The summed E-state index contributed by atoms with van der Waals surface area (Å²) in [7, 11) is 1.73. The van der Waals surface area contributed by atoms with Gasteiger partial charge in [0, 0.05) is 57.7 Å². The smallest absolute Gasteiger partial charge is 0.127 e. The van der Waals surface area contributed by atoms with Gasteiger partial charge in [-0.05, 0) is 6.42 Å². The first-order chi connectivity index (χ1) is 9.31. The zero-order valence-corrected chi connectivity index (χ0v) is 11.8. The van der Waals surface area contributed by atoms with E-state index in [1.165, 1.54) is 5.56 Å². The second-order valence-corrected chi connectivity index (χ2v) is 4.87. The van der Waals surface area contributed by atoms with Crippen molar-refractivity contribution in [2.45, 2.75) is 32.4 Å². The molecule has 2 heterocycles. The standard InChI is InChI=1S/C14H23N3O2/c1-3-14-15-8-12(9-16-14)10-17-5-7-19-13(11-17)4-6-18-2/h8-9,13H,3-7,10-11H2,1-2H3/t13-/m0/s1. The zero-order valence-electron chi connectivity index (χ0n) is 11.8. The third-order valence-electron chi connectivity index (χ3n) is 3.35. The molecule has 0 unspecified atom stereocenters. The van der Waals surface area contributed by atoms with Crippen LogP contribution in [0.15, 0.2) is 12.4 Å². The summed E-state index contributed by atoms with van der Waals surface area (Å²) in [6.07, 6.45) is 6.00. The molecule has 1 aromatic rings. The molecule has 1 saturated heterocycles. The predicted octanol–water partition coefficient (Wildman–Crippen LogP) is 1.28. The quantitative estimate of drug-likeness (QED) is 0.775. The highest BCUT2D eigenvalue weighted by Gasteiger charge is 2.20. The normalized spacial score (nSPS) is 20.6. The molecule has 5 nitrogen and oxygen atoms in total. The van der Waals surface area contributed by atoms with Crippen molar-refractivity contribution in [3.8, 4) is 0 Å². The van der Waals surface area contributed by atoms with Crippen LogP contribution in [0.2, 0.25) is 0 Å². The van der Waals surface area contributed by atoms with E-state index in [9.17, 15) is 0 Å².